The molecule has 1 aromatic rings. The van der Waals surface area contributed by atoms with Crippen molar-refractivity contribution in [3.05, 3.63) is 18.0 Å². The summed E-state index contributed by atoms with van der Waals surface area (Å²) in [5.74, 6) is 0.0378. The van der Waals surface area contributed by atoms with Crippen molar-refractivity contribution in [2.75, 3.05) is 14.2 Å². The van der Waals surface area contributed by atoms with Gasteiger partial charge in [0.15, 0.2) is 0 Å². The largest absolute Gasteiger partial charge is 0.381 e. The molecule has 5 nitrogen and oxygen atoms in total. The molecule has 0 bridgehead atoms. The topological polar surface area (TPSA) is 47.4 Å². The van der Waals surface area contributed by atoms with Crippen LogP contribution in [0.15, 0.2) is 12.3 Å². The molecule has 5 heteroatoms. The molecule has 2 atom stereocenters. The van der Waals surface area contributed by atoms with Crippen LogP contribution in [-0.4, -0.2) is 46.9 Å². The fourth-order valence-corrected chi connectivity index (χ4v) is 3.68. The van der Waals surface area contributed by atoms with Crippen LogP contribution in [0.25, 0.3) is 0 Å². The lowest BCUT2D eigenvalue weighted by Gasteiger charge is -2.57. The van der Waals surface area contributed by atoms with Crippen molar-refractivity contribution < 1.29 is 9.53 Å². The van der Waals surface area contributed by atoms with Crippen LogP contribution in [0, 0.1) is 5.41 Å². The van der Waals surface area contributed by atoms with Crippen LogP contribution in [0.1, 0.15) is 43.6 Å². The Balaban J connectivity index is 2.20. The minimum atomic E-state index is 0.0378. The third-order valence-electron chi connectivity index (χ3n) is 5.17. The Bertz CT molecular complexity index is 479. The summed E-state index contributed by atoms with van der Waals surface area (Å²) in [5, 5.41) is 4.08. The molecule has 1 aromatic heterocycles. The quantitative estimate of drug-likeness (QED) is 0.829. The molecular weight excluding hydrogens is 254 g/mol. The van der Waals surface area contributed by atoms with Crippen molar-refractivity contribution in [3.8, 4) is 0 Å². The first-order valence-corrected chi connectivity index (χ1v) is 7.29. The first-order valence-electron chi connectivity index (χ1n) is 7.29. The summed E-state index contributed by atoms with van der Waals surface area (Å²) in [6.07, 6.45) is 4.88. The average molecular weight is 279 g/mol. The zero-order valence-electron chi connectivity index (χ0n) is 13.1. The lowest BCUT2D eigenvalue weighted by atomic mass is 9.58. The van der Waals surface area contributed by atoms with Crippen LogP contribution >= 0.6 is 0 Å². The number of nitrogens with zero attached hydrogens (tertiary/aromatic N) is 3. The maximum absolute atomic E-state index is 12.6. The van der Waals surface area contributed by atoms with E-state index in [1.165, 1.54) is 0 Å². The zero-order valence-corrected chi connectivity index (χ0v) is 13.1. The van der Waals surface area contributed by atoms with Crippen molar-refractivity contribution in [1.82, 2.24) is 14.7 Å². The zero-order chi connectivity index (χ0) is 14.9. The number of hydrogen-bond acceptors (Lipinski definition) is 3. The molecule has 20 heavy (non-hydrogen) atoms. The van der Waals surface area contributed by atoms with Crippen molar-refractivity contribution in [1.29, 1.82) is 0 Å². The molecule has 0 N–H and O–H groups in total. The van der Waals surface area contributed by atoms with Gasteiger partial charge in [0, 0.05) is 38.9 Å². The van der Waals surface area contributed by atoms with Crippen LogP contribution in [0.3, 0.4) is 0 Å². The molecule has 1 aliphatic carbocycles. The van der Waals surface area contributed by atoms with E-state index in [4.69, 9.17) is 4.74 Å². The molecule has 0 aromatic carbocycles. The Labute approximate surface area is 120 Å². The first kappa shape index (κ1) is 15.0. The first-order chi connectivity index (χ1) is 9.51. The minimum Gasteiger partial charge on any atom is -0.381 e. The predicted molar refractivity (Wildman–Crippen MR) is 77.5 cm³/mol. The molecule has 112 valence electrons. The normalized spacial score (nSPS) is 24.2. The van der Waals surface area contributed by atoms with E-state index in [0.717, 1.165) is 19.3 Å². The number of ether oxygens (including phenoxy) is 1. The molecule has 1 saturated carbocycles. The number of carbonyl (C=O) groups is 1. The highest BCUT2D eigenvalue weighted by Crippen LogP contribution is 2.51. The molecule has 1 aliphatic rings. The second-order valence-corrected chi connectivity index (χ2v) is 5.67. The van der Waals surface area contributed by atoms with Gasteiger partial charge in [-0.25, -0.2) is 0 Å². The molecule has 0 saturated heterocycles. The smallest absolute Gasteiger partial charge is 0.272 e. The predicted octanol–water partition coefficient (Wildman–Crippen LogP) is 2.09. The van der Waals surface area contributed by atoms with Gasteiger partial charge >= 0.3 is 0 Å². The number of carbonyl (C=O) groups excluding carboxylic acids is 1. The van der Waals surface area contributed by atoms with Crippen molar-refractivity contribution >= 4 is 5.91 Å². The summed E-state index contributed by atoms with van der Waals surface area (Å²) in [5.41, 5.74) is 0.715. The van der Waals surface area contributed by atoms with Crippen LogP contribution < -0.4 is 0 Å². The monoisotopic (exact) mass is 279 g/mol. The molecule has 0 radical (unpaired) electrons. The summed E-state index contributed by atoms with van der Waals surface area (Å²) >= 11 is 0. The van der Waals surface area contributed by atoms with Crippen molar-refractivity contribution in [2.45, 2.75) is 45.3 Å². The summed E-state index contributed by atoms with van der Waals surface area (Å²) in [6, 6.07) is 2.01. The van der Waals surface area contributed by atoms with Gasteiger partial charge in [0.05, 0.1) is 6.10 Å². The van der Waals surface area contributed by atoms with Gasteiger partial charge in [-0.2, -0.15) is 5.10 Å². The lowest BCUT2D eigenvalue weighted by molar-refractivity contribution is -0.147. The summed E-state index contributed by atoms with van der Waals surface area (Å²) < 4.78 is 7.23. The van der Waals surface area contributed by atoms with Crippen LogP contribution in [-0.2, 0) is 11.8 Å². The lowest BCUT2D eigenvalue weighted by Crippen LogP contribution is -2.64. The SMILES string of the molecule is CCC1(CC)[C@@H](N(C)C(=O)c2ccnn2C)C[C@H]1OC. The third kappa shape index (κ3) is 2.04. The van der Waals surface area contributed by atoms with E-state index in [1.54, 1.807) is 31.1 Å². The highest BCUT2D eigenvalue weighted by Gasteiger charge is 2.55. The number of rotatable bonds is 5. The fourth-order valence-electron chi connectivity index (χ4n) is 3.68. The van der Waals surface area contributed by atoms with Gasteiger partial charge < -0.3 is 9.64 Å². The molecule has 1 fully saturated rings. The van der Waals surface area contributed by atoms with E-state index in [0.29, 0.717) is 5.69 Å². The van der Waals surface area contributed by atoms with Crippen LogP contribution in [0.4, 0.5) is 0 Å². The molecule has 1 heterocycles. The second-order valence-electron chi connectivity index (χ2n) is 5.67. The second kappa shape index (κ2) is 5.56. The van der Waals surface area contributed by atoms with Crippen molar-refractivity contribution in [3.63, 3.8) is 0 Å². The summed E-state index contributed by atoms with van der Waals surface area (Å²) in [6.45, 7) is 4.37. The Morgan fingerprint density at radius 1 is 1.55 bits per heavy atom. The van der Waals surface area contributed by atoms with E-state index in [-0.39, 0.29) is 23.5 Å². The molecule has 0 aliphatic heterocycles. The Morgan fingerprint density at radius 3 is 2.65 bits per heavy atom. The van der Waals surface area contributed by atoms with E-state index < -0.39 is 0 Å². The maximum Gasteiger partial charge on any atom is 0.272 e. The maximum atomic E-state index is 12.6. The van der Waals surface area contributed by atoms with E-state index in [1.807, 2.05) is 11.9 Å². The van der Waals surface area contributed by atoms with Crippen LogP contribution in [0.5, 0.6) is 0 Å². The molecule has 1 amide bonds. The van der Waals surface area contributed by atoms with E-state index in [2.05, 4.69) is 18.9 Å². The van der Waals surface area contributed by atoms with Gasteiger partial charge in [-0.1, -0.05) is 13.8 Å². The Hall–Kier alpha value is -1.36. The van der Waals surface area contributed by atoms with Gasteiger partial charge in [-0.15, -0.1) is 0 Å². The van der Waals surface area contributed by atoms with Gasteiger partial charge in [0.25, 0.3) is 5.91 Å². The number of amides is 1. The average Bonchev–Trinajstić information content (AvgIpc) is 2.85. The van der Waals surface area contributed by atoms with Gasteiger partial charge in [-0.3, -0.25) is 9.48 Å². The standard InChI is InChI=1S/C15H25N3O2/c1-6-15(7-2)12(10-13(15)20-5)17(3)14(19)11-8-9-16-18(11)4/h8-9,12-13H,6-7,10H2,1-5H3/t12-,13+/m0/s1. The molecule has 2 rings (SSSR count). The molecule has 0 spiro atoms. The van der Waals surface area contributed by atoms with Gasteiger partial charge in [0.1, 0.15) is 5.69 Å². The van der Waals surface area contributed by atoms with Crippen molar-refractivity contribution in [2.24, 2.45) is 12.5 Å². The number of aromatic nitrogens is 2. The number of methoxy groups -OCH3 is 1. The molecular formula is C15H25N3O2. The highest BCUT2D eigenvalue weighted by molar-refractivity contribution is 5.92. The Kier molecular flexibility index (Phi) is 4.18. The number of aryl methyl sites for hydroxylation is 1. The minimum absolute atomic E-state index is 0.0378. The Morgan fingerprint density at radius 2 is 2.20 bits per heavy atom. The fraction of sp³-hybridized carbons (Fsp3) is 0.733. The van der Waals surface area contributed by atoms with Gasteiger partial charge in [-0.05, 0) is 25.3 Å². The van der Waals surface area contributed by atoms with Crippen LogP contribution in [0.2, 0.25) is 0 Å². The van der Waals surface area contributed by atoms with E-state index in [9.17, 15) is 4.79 Å². The summed E-state index contributed by atoms with van der Waals surface area (Å²) in [4.78, 5) is 14.5. The van der Waals surface area contributed by atoms with Gasteiger partial charge in [0.2, 0.25) is 0 Å². The highest BCUT2D eigenvalue weighted by atomic mass is 16.5. The summed E-state index contributed by atoms with van der Waals surface area (Å²) in [7, 11) is 5.46. The number of hydrogen-bond donors (Lipinski definition) is 0. The molecule has 0 unspecified atom stereocenters. The third-order valence-corrected chi connectivity index (χ3v) is 5.17. The van der Waals surface area contributed by atoms with E-state index >= 15 is 0 Å².